The first kappa shape index (κ1) is 19.3. The highest BCUT2D eigenvalue weighted by Gasteiger charge is 2.23. The second kappa shape index (κ2) is 7.91. The molecule has 0 saturated carbocycles. The molecule has 0 aromatic heterocycles. The molecule has 0 saturated heterocycles. The van der Waals surface area contributed by atoms with E-state index in [4.69, 9.17) is 9.47 Å². The van der Waals surface area contributed by atoms with Gasteiger partial charge in [-0.05, 0) is 44.5 Å². The molecule has 0 amide bonds. The summed E-state index contributed by atoms with van der Waals surface area (Å²) in [6.07, 6.45) is 2.64. The van der Waals surface area contributed by atoms with Crippen molar-refractivity contribution in [1.82, 2.24) is 0 Å². The molecule has 0 unspecified atom stereocenters. The van der Waals surface area contributed by atoms with Crippen molar-refractivity contribution in [2.24, 2.45) is 0 Å². The zero-order valence-corrected chi connectivity index (χ0v) is 15.1. The van der Waals surface area contributed by atoms with Crippen molar-refractivity contribution >= 4 is 11.9 Å². The molecule has 2 rings (SSSR count). The van der Waals surface area contributed by atoms with Crippen molar-refractivity contribution in [3.8, 4) is 23.0 Å². The fourth-order valence-electron chi connectivity index (χ4n) is 2.62. The Kier molecular flexibility index (Phi) is 5.87. The first-order chi connectivity index (χ1) is 12.3. The average molecular weight is 360 g/mol. The molecule has 6 heteroatoms. The molecule has 0 radical (unpaired) electrons. The number of allylic oxidation sites excluding steroid dienone is 1. The quantitative estimate of drug-likeness (QED) is 0.598. The van der Waals surface area contributed by atoms with Crippen LogP contribution in [0, 0.1) is 19.7 Å². The van der Waals surface area contributed by atoms with Crippen LogP contribution in [0.25, 0.3) is 6.08 Å². The van der Waals surface area contributed by atoms with E-state index in [1.165, 1.54) is 38.3 Å². The fraction of sp³-hybridized carbons (Fsp3) is 0.250. The number of ether oxygens (including phenoxy) is 2. The Balaban J connectivity index is 2.39. The molecule has 138 valence electrons. The Bertz CT molecular complexity index is 871. The Labute approximate surface area is 151 Å². The number of benzene rings is 2. The number of halogens is 1. The largest absolute Gasteiger partial charge is 0.507 e. The maximum atomic E-state index is 13.9. The van der Waals surface area contributed by atoms with Crippen LogP contribution >= 0.6 is 0 Å². The molecule has 0 atom stereocenters. The second-order valence-corrected chi connectivity index (χ2v) is 5.68. The van der Waals surface area contributed by atoms with Crippen LogP contribution in [0.5, 0.6) is 23.0 Å². The minimum Gasteiger partial charge on any atom is -0.507 e. The zero-order chi connectivity index (χ0) is 19.4. The topological polar surface area (TPSA) is 76.0 Å². The van der Waals surface area contributed by atoms with E-state index in [2.05, 4.69) is 0 Å². The van der Waals surface area contributed by atoms with Gasteiger partial charge in [-0.1, -0.05) is 12.1 Å². The standard InChI is InChI=1S/C20H21FO5/c1-5-26-16-9-7-13(10-14(16)21)6-8-15(22)17-19(24)11(2)18(23)12(3)20(17)25-4/h6-10,23-24H,5H2,1-4H3. The van der Waals surface area contributed by atoms with E-state index >= 15 is 0 Å². The van der Waals surface area contributed by atoms with Gasteiger partial charge < -0.3 is 19.7 Å². The SMILES string of the molecule is CCOc1ccc(C=CC(=O)c2c(O)c(C)c(O)c(C)c2OC)cc1F. The maximum absolute atomic E-state index is 13.9. The number of hydrogen-bond donors (Lipinski definition) is 2. The van der Waals surface area contributed by atoms with Crippen molar-refractivity contribution in [3.05, 3.63) is 52.3 Å². The number of phenols is 2. The first-order valence-corrected chi connectivity index (χ1v) is 8.05. The van der Waals surface area contributed by atoms with E-state index < -0.39 is 11.6 Å². The molecule has 0 aliphatic rings. The highest BCUT2D eigenvalue weighted by molar-refractivity contribution is 6.11. The Morgan fingerprint density at radius 2 is 1.88 bits per heavy atom. The molecule has 0 bridgehead atoms. The normalized spacial score (nSPS) is 11.0. The van der Waals surface area contributed by atoms with Crippen LogP contribution in [0.15, 0.2) is 24.3 Å². The minimum absolute atomic E-state index is 0.0528. The van der Waals surface area contributed by atoms with Gasteiger partial charge in [-0.3, -0.25) is 4.79 Å². The van der Waals surface area contributed by atoms with Gasteiger partial charge in [0, 0.05) is 11.1 Å². The number of carbonyl (C=O) groups is 1. The van der Waals surface area contributed by atoms with E-state index in [0.29, 0.717) is 17.7 Å². The van der Waals surface area contributed by atoms with Crippen LogP contribution in [0.1, 0.15) is 34.0 Å². The number of carbonyl (C=O) groups excluding carboxylic acids is 1. The molecule has 5 nitrogen and oxygen atoms in total. The molecular formula is C20H21FO5. The number of rotatable bonds is 6. The monoisotopic (exact) mass is 360 g/mol. The number of ketones is 1. The van der Waals surface area contributed by atoms with Gasteiger partial charge in [0.2, 0.25) is 0 Å². The summed E-state index contributed by atoms with van der Waals surface area (Å²) in [4.78, 5) is 12.6. The molecular weight excluding hydrogens is 339 g/mol. The number of methoxy groups -OCH3 is 1. The summed E-state index contributed by atoms with van der Waals surface area (Å²) in [5.41, 5.74) is 0.951. The van der Waals surface area contributed by atoms with Crippen LogP contribution in [0.2, 0.25) is 0 Å². The minimum atomic E-state index is -0.529. The van der Waals surface area contributed by atoms with E-state index in [0.717, 1.165) is 0 Å². The van der Waals surface area contributed by atoms with Gasteiger partial charge in [0.05, 0.1) is 13.7 Å². The summed E-state index contributed by atoms with van der Waals surface area (Å²) in [7, 11) is 1.35. The lowest BCUT2D eigenvalue weighted by Gasteiger charge is -2.15. The lowest BCUT2D eigenvalue weighted by Crippen LogP contribution is -2.03. The number of phenolic OH excluding ortho intramolecular Hbond substituents is 2. The van der Waals surface area contributed by atoms with Crippen molar-refractivity contribution in [3.63, 3.8) is 0 Å². The lowest BCUT2D eigenvalue weighted by atomic mass is 9.98. The highest BCUT2D eigenvalue weighted by Crippen LogP contribution is 2.41. The summed E-state index contributed by atoms with van der Waals surface area (Å²) < 4.78 is 24.2. The summed E-state index contributed by atoms with van der Waals surface area (Å²) in [6, 6.07) is 4.34. The third-order valence-electron chi connectivity index (χ3n) is 4.00. The van der Waals surface area contributed by atoms with Gasteiger partial charge in [0.15, 0.2) is 17.3 Å². The van der Waals surface area contributed by atoms with Gasteiger partial charge in [0.1, 0.15) is 22.8 Å². The second-order valence-electron chi connectivity index (χ2n) is 5.68. The summed E-state index contributed by atoms with van der Waals surface area (Å²) in [6.45, 7) is 5.19. The third-order valence-corrected chi connectivity index (χ3v) is 4.00. The number of aromatic hydroxyl groups is 2. The van der Waals surface area contributed by atoms with Crippen LogP contribution in [-0.4, -0.2) is 29.7 Å². The number of hydrogen-bond acceptors (Lipinski definition) is 5. The summed E-state index contributed by atoms with van der Waals surface area (Å²) >= 11 is 0. The van der Waals surface area contributed by atoms with E-state index in [1.807, 2.05) is 0 Å². The smallest absolute Gasteiger partial charge is 0.193 e. The Morgan fingerprint density at radius 3 is 2.46 bits per heavy atom. The molecule has 0 aliphatic carbocycles. The van der Waals surface area contributed by atoms with E-state index in [1.54, 1.807) is 19.9 Å². The predicted octanol–water partition coefficient (Wildman–Crippen LogP) is 4.16. The van der Waals surface area contributed by atoms with Crippen LogP contribution in [-0.2, 0) is 0 Å². The molecule has 0 aliphatic heterocycles. The maximum Gasteiger partial charge on any atom is 0.193 e. The molecule has 0 heterocycles. The molecule has 2 aromatic rings. The van der Waals surface area contributed by atoms with Gasteiger partial charge in [-0.2, -0.15) is 0 Å². The van der Waals surface area contributed by atoms with Crippen molar-refractivity contribution < 1.29 is 28.9 Å². The van der Waals surface area contributed by atoms with Gasteiger partial charge in [0.25, 0.3) is 0 Å². The Morgan fingerprint density at radius 1 is 1.19 bits per heavy atom. The molecule has 0 fully saturated rings. The average Bonchev–Trinajstić information content (AvgIpc) is 2.62. The Hall–Kier alpha value is -3.02. The highest BCUT2D eigenvalue weighted by atomic mass is 19.1. The van der Waals surface area contributed by atoms with Gasteiger partial charge in [-0.15, -0.1) is 0 Å². The predicted molar refractivity (Wildman–Crippen MR) is 96.7 cm³/mol. The molecule has 26 heavy (non-hydrogen) atoms. The summed E-state index contributed by atoms with van der Waals surface area (Å²) in [5.74, 6) is -1.30. The first-order valence-electron chi connectivity index (χ1n) is 8.05. The van der Waals surface area contributed by atoms with Crippen molar-refractivity contribution in [2.75, 3.05) is 13.7 Å². The van der Waals surface area contributed by atoms with Crippen molar-refractivity contribution in [1.29, 1.82) is 0 Å². The van der Waals surface area contributed by atoms with E-state index in [-0.39, 0.29) is 34.1 Å². The molecule has 2 N–H and O–H groups in total. The van der Waals surface area contributed by atoms with Gasteiger partial charge in [-0.25, -0.2) is 4.39 Å². The molecule has 2 aromatic carbocycles. The van der Waals surface area contributed by atoms with Crippen LogP contribution < -0.4 is 9.47 Å². The third kappa shape index (κ3) is 3.64. The fourth-order valence-corrected chi connectivity index (χ4v) is 2.62. The molecule has 0 spiro atoms. The van der Waals surface area contributed by atoms with E-state index in [9.17, 15) is 19.4 Å². The summed E-state index contributed by atoms with van der Waals surface area (Å²) in [5, 5.41) is 20.2. The lowest BCUT2D eigenvalue weighted by molar-refractivity contribution is 0.104. The van der Waals surface area contributed by atoms with Crippen molar-refractivity contribution in [2.45, 2.75) is 20.8 Å². The van der Waals surface area contributed by atoms with Gasteiger partial charge >= 0.3 is 0 Å². The van der Waals surface area contributed by atoms with Crippen LogP contribution in [0.3, 0.4) is 0 Å². The van der Waals surface area contributed by atoms with Crippen LogP contribution in [0.4, 0.5) is 4.39 Å². The zero-order valence-electron chi connectivity index (χ0n) is 15.1.